The Bertz CT molecular complexity index is 1160. The van der Waals surface area contributed by atoms with Gasteiger partial charge in [0, 0.05) is 43.5 Å². The molecule has 0 spiro atoms. The molecular formula is C24H24ClF4N3O3. The van der Waals surface area contributed by atoms with Gasteiger partial charge < -0.3 is 15.5 Å². The van der Waals surface area contributed by atoms with Gasteiger partial charge in [-0.3, -0.25) is 14.4 Å². The van der Waals surface area contributed by atoms with E-state index in [0.29, 0.717) is 11.1 Å². The van der Waals surface area contributed by atoms with Gasteiger partial charge in [0.05, 0.1) is 5.56 Å². The topological polar surface area (TPSA) is 83.7 Å². The van der Waals surface area contributed by atoms with Crippen LogP contribution in [0.4, 0.5) is 17.6 Å². The Morgan fingerprint density at radius 2 is 1.86 bits per heavy atom. The van der Waals surface area contributed by atoms with Gasteiger partial charge in [-0.15, -0.1) is 0 Å². The Kier molecular flexibility index (Phi) is 7.74. The molecule has 0 aromatic heterocycles. The summed E-state index contributed by atoms with van der Waals surface area (Å²) in [5, 5.41) is -0.103. The molecular weight excluding hydrogens is 490 g/mol. The van der Waals surface area contributed by atoms with Crippen LogP contribution in [0.15, 0.2) is 36.4 Å². The molecule has 2 aromatic carbocycles. The standard InChI is InChI=1S/C24H24ClF4N3O3/c1-13-7-17(26)3-4-18(13)20-12-32(23(35)21(30)33)6-5-19(20)22(34)31(2)11-14-8-15(24(27,28)29)10-16(25)9-14/h3-4,7-10,19-20H,5-6,11-12H2,1-2H3,(H2,30,33). The summed E-state index contributed by atoms with van der Waals surface area (Å²) in [5.74, 6) is -4.07. The fourth-order valence-corrected chi connectivity index (χ4v) is 4.76. The second-order valence-corrected chi connectivity index (χ2v) is 9.09. The van der Waals surface area contributed by atoms with Crippen molar-refractivity contribution in [3.05, 3.63) is 69.5 Å². The first kappa shape index (κ1) is 26.5. The van der Waals surface area contributed by atoms with Crippen molar-refractivity contribution in [1.29, 1.82) is 0 Å². The zero-order valence-electron chi connectivity index (χ0n) is 19.0. The quantitative estimate of drug-likeness (QED) is 0.497. The maximum absolute atomic E-state index is 13.7. The molecule has 1 aliphatic heterocycles. The van der Waals surface area contributed by atoms with Crippen LogP contribution in [0.25, 0.3) is 0 Å². The van der Waals surface area contributed by atoms with Gasteiger partial charge in [0.25, 0.3) is 0 Å². The molecule has 2 aromatic rings. The number of hydrogen-bond acceptors (Lipinski definition) is 3. The minimum Gasteiger partial charge on any atom is -0.361 e. The van der Waals surface area contributed by atoms with Crippen LogP contribution in [0.1, 0.15) is 34.6 Å². The number of primary amides is 1. The highest BCUT2D eigenvalue weighted by Crippen LogP contribution is 2.36. The number of nitrogens with two attached hydrogens (primary N) is 1. The molecule has 11 heteroatoms. The Morgan fingerprint density at radius 3 is 2.46 bits per heavy atom. The Balaban J connectivity index is 1.89. The maximum atomic E-state index is 13.7. The summed E-state index contributed by atoms with van der Waals surface area (Å²) in [6.07, 6.45) is -4.40. The minimum atomic E-state index is -4.59. The van der Waals surface area contributed by atoms with Gasteiger partial charge in [0.15, 0.2) is 0 Å². The molecule has 35 heavy (non-hydrogen) atoms. The van der Waals surface area contributed by atoms with Crippen LogP contribution in [0.3, 0.4) is 0 Å². The molecule has 3 rings (SSSR count). The lowest BCUT2D eigenvalue weighted by atomic mass is 9.78. The minimum absolute atomic E-state index is 0.00782. The van der Waals surface area contributed by atoms with Gasteiger partial charge >= 0.3 is 18.0 Å². The maximum Gasteiger partial charge on any atom is 0.416 e. The summed E-state index contributed by atoms with van der Waals surface area (Å²) >= 11 is 5.86. The zero-order valence-corrected chi connectivity index (χ0v) is 19.8. The molecule has 6 nitrogen and oxygen atoms in total. The highest BCUT2D eigenvalue weighted by Gasteiger charge is 2.39. The number of halogens is 5. The highest BCUT2D eigenvalue weighted by atomic mass is 35.5. The summed E-state index contributed by atoms with van der Waals surface area (Å²) in [6, 6.07) is 7.18. The third kappa shape index (κ3) is 6.11. The summed E-state index contributed by atoms with van der Waals surface area (Å²) in [5.41, 5.74) is 5.62. The zero-order chi connectivity index (χ0) is 26.1. The van der Waals surface area contributed by atoms with Crippen molar-refractivity contribution in [3.8, 4) is 0 Å². The van der Waals surface area contributed by atoms with E-state index < -0.39 is 41.2 Å². The SMILES string of the molecule is Cc1cc(F)ccc1C1CN(C(=O)C(N)=O)CCC1C(=O)N(C)Cc1cc(Cl)cc(C(F)(F)F)c1. The highest BCUT2D eigenvalue weighted by molar-refractivity contribution is 6.34. The molecule has 1 heterocycles. The summed E-state index contributed by atoms with van der Waals surface area (Å²) < 4.78 is 53.2. The number of hydrogen-bond donors (Lipinski definition) is 1. The summed E-state index contributed by atoms with van der Waals surface area (Å²) in [4.78, 5) is 39.6. The average molecular weight is 514 g/mol. The number of carbonyl (C=O) groups excluding carboxylic acids is 3. The largest absolute Gasteiger partial charge is 0.416 e. The lowest BCUT2D eigenvalue weighted by Gasteiger charge is -2.39. The molecule has 1 fully saturated rings. The second kappa shape index (κ2) is 10.2. The van der Waals surface area contributed by atoms with Gasteiger partial charge in [-0.25, -0.2) is 4.39 Å². The monoisotopic (exact) mass is 513 g/mol. The van der Waals surface area contributed by atoms with Crippen LogP contribution in [0.2, 0.25) is 5.02 Å². The van der Waals surface area contributed by atoms with Gasteiger partial charge in [-0.2, -0.15) is 13.2 Å². The van der Waals surface area contributed by atoms with Gasteiger partial charge in [0.2, 0.25) is 5.91 Å². The first-order valence-corrected chi connectivity index (χ1v) is 11.1. The Hall–Kier alpha value is -3.14. The van der Waals surface area contributed by atoms with E-state index in [1.165, 1.54) is 41.1 Å². The lowest BCUT2D eigenvalue weighted by molar-refractivity contribution is -0.147. The number of likely N-dealkylation sites (tertiary alicyclic amines) is 1. The van der Waals surface area contributed by atoms with Crippen LogP contribution in [-0.2, 0) is 27.1 Å². The smallest absolute Gasteiger partial charge is 0.361 e. The number of benzene rings is 2. The van der Waals surface area contributed by atoms with Crippen LogP contribution >= 0.6 is 11.6 Å². The van der Waals surface area contributed by atoms with Crippen molar-refractivity contribution in [2.75, 3.05) is 20.1 Å². The molecule has 1 saturated heterocycles. The van der Waals surface area contributed by atoms with Crippen molar-refractivity contribution < 1.29 is 31.9 Å². The molecule has 2 unspecified atom stereocenters. The first-order valence-electron chi connectivity index (χ1n) is 10.7. The van der Waals surface area contributed by atoms with Crippen LogP contribution < -0.4 is 5.73 Å². The molecule has 2 N–H and O–H groups in total. The summed E-state index contributed by atoms with van der Waals surface area (Å²) in [6.45, 7) is 1.65. The number of alkyl halides is 3. The predicted molar refractivity (Wildman–Crippen MR) is 121 cm³/mol. The number of nitrogens with zero attached hydrogens (tertiary/aromatic N) is 2. The first-order chi connectivity index (χ1) is 16.3. The average Bonchev–Trinajstić information content (AvgIpc) is 2.76. The Labute approximate surface area is 204 Å². The number of piperidine rings is 1. The number of aryl methyl sites for hydroxylation is 1. The molecule has 0 aliphatic carbocycles. The molecule has 188 valence electrons. The number of rotatable bonds is 4. The Morgan fingerprint density at radius 1 is 1.17 bits per heavy atom. The molecule has 0 bridgehead atoms. The van der Waals surface area contributed by atoms with E-state index in [1.54, 1.807) is 6.92 Å². The molecule has 2 atom stereocenters. The predicted octanol–water partition coefficient (Wildman–Crippen LogP) is 3.88. The molecule has 3 amide bonds. The van der Waals surface area contributed by atoms with Crippen LogP contribution in [-0.4, -0.2) is 47.7 Å². The van der Waals surface area contributed by atoms with Crippen LogP contribution in [0.5, 0.6) is 0 Å². The van der Waals surface area contributed by atoms with E-state index in [0.717, 1.165) is 12.1 Å². The third-order valence-electron chi connectivity index (χ3n) is 6.14. The molecule has 1 aliphatic rings. The van der Waals surface area contributed by atoms with E-state index in [1.807, 2.05) is 0 Å². The van der Waals surface area contributed by atoms with Crippen LogP contribution in [0, 0.1) is 18.7 Å². The van der Waals surface area contributed by atoms with Crippen molar-refractivity contribution >= 4 is 29.3 Å². The van der Waals surface area contributed by atoms with Crippen molar-refractivity contribution in [1.82, 2.24) is 9.80 Å². The van der Waals surface area contributed by atoms with Gasteiger partial charge in [-0.1, -0.05) is 17.7 Å². The van der Waals surface area contributed by atoms with E-state index in [9.17, 15) is 31.9 Å². The fraction of sp³-hybridized carbons (Fsp3) is 0.375. The van der Waals surface area contributed by atoms with Gasteiger partial charge in [-0.05, 0) is 60.4 Å². The second-order valence-electron chi connectivity index (χ2n) is 8.66. The van der Waals surface area contributed by atoms with Crippen molar-refractivity contribution in [3.63, 3.8) is 0 Å². The number of carbonyl (C=O) groups is 3. The van der Waals surface area contributed by atoms with Crippen molar-refractivity contribution in [2.24, 2.45) is 11.7 Å². The van der Waals surface area contributed by atoms with Gasteiger partial charge in [0.1, 0.15) is 5.82 Å². The lowest BCUT2D eigenvalue weighted by Crippen LogP contribution is -2.50. The number of amides is 3. The van der Waals surface area contributed by atoms with E-state index >= 15 is 0 Å². The van der Waals surface area contributed by atoms with Crippen molar-refractivity contribution in [2.45, 2.75) is 32.0 Å². The van der Waals surface area contributed by atoms with E-state index in [2.05, 4.69) is 0 Å². The third-order valence-corrected chi connectivity index (χ3v) is 6.36. The molecule has 0 saturated carbocycles. The summed E-state index contributed by atoms with van der Waals surface area (Å²) in [7, 11) is 1.46. The molecule has 0 radical (unpaired) electrons. The van der Waals surface area contributed by atoms with E-state index in [-0.39, 0.29) is 42.5 Å². The fourth-order valence-electron chi connectivity index (χ4n) is 4.50. The normalized spacial score (nSPS) is 18.3. The van der Waals surface area contributed by atoms with E-state index in [4.69, 9.17) is 17.3 Å².